The first-order valence-electron chi connectivity index (χ1n) is 7.15. The highest BCUT2D eigenvalue weighted by molar-refractivity contribution is 5.80. The Balaban J connectivity index is 1.89. The summed E-state index contributed by atoms with van der Waals surface area (Å²) in [5.41, 5.74) is -0.439. The molecule has 0 aliphatic carbocycles. The van der Waals surface area contributed by atoms with Crippen LogP contribution in [-0.4, -0.2) is 62.8 Å². The highest BCUT2D eigenvalue weighted by Gasteiger charge is 2.44. The van der Waals surface area contributed by atoms with Gasteiger partial charge in [0.15, 0.2) is 11.5 Å². The molecule has 1 aromatic heterocycles. The number of hydrogen-bond acceptors (Lipinski definition) is 9. The maximum Gasteiger partial charge on any atom is 0.336 e. The van der Waals surface area contributed by atoms with E-state index < -0.39 is 42.9 Å². The lowest BCUT2D eigenvalue weighted by molar-refractivity contribution is -0.277. The van der Waals surface area contributed by atoms with Crippen LogP contribution < -0.4 is 10.4 Å². The fourth-order valence-electron chi connectivity index (χ4n) is 2.47. The summed E-state index contributed by atoms with van der Waals surface area (Å²) in [4.78, 5) is 11.2. The lowest BCUT2D eigenvalue weighted by atomic mass is 9.99. The Hall–Kier alpha value is -2.17. The zero-order chi connectivity index (χ0) is 17.4. The number of benzene rings is 1. The molecule has 0 amide bonds. The van der Waals surface area contributed by atoms with E-state index in [-0.39, 0.29) is 17.1 Å². The number of aromatic hydroxyl groups is 1. The molecule has 24 heavy (non-hydrogen) atoms. The molecule has 9 nitrogen and oxygen atoms in total. The SMILES string of the molecule is O=c1ccc2cc(O[C@@H]3O[C@@H](CO)[C@@H](O)[C@H](O)[C@@H]3O)c(O)cc2o1. The fourth-order valence-corrected chi connectivity index (χ4v) is 2.47. The minimum atomic E-state index is -1.60. The molecule has 1 aliphatic heterocycles. The van der Waals surface area contributed by atoms with Crippen LogP contribution in [0.3, 0.4) is 0 Å². The largest absolute Gasteiger partial charge is 0.504 e. The zero-order valence-corrected chi connectivity index (χ0v) is 12.3. The molecule has 5 atom stereocenters. The molecule has 2 aromatic rings. The van der Waals surface area contributed by atoms with Crippen molar-refractivity contribution in [1.29, 1.82) is 0 Å². The first-order chi connectivity index (χ1) is 11.4. The third-order valence-electron chi connectivity index (χ3n) is 3.79. The van der Waals surface area contributed by atoms with Crippen LogP contribution in [0, 0.1) is 0 Å². The predicted molar refractivity (Wildman–Crippen MR) is 78.5 cm³/mol. The van der Waals surface area contributed by atoms with Gasteiger partial charge < -0.3 is 39.4 Å². The van der Waals surface area contributed by atoms with Crippen LogP contribution in [0.15, 0.2) is 33.5 Å². The monoisotopic (exact) mass is 340 g/mol. The summed E-state index contributed by atoms with van der Waals surface area (Å²) in [7, 11) is 0. The molecule has 1 saturated heterocycles. The Morgan fingerprint density at radius 1 is 1.08 bits per heavy atom. The van der Waals surface area contributed by atoms with Gasteiger partial charge in [-0.25, -0.2) is 4.79 Å². The van der Waals surface area contributed by atoms with E-state index in [9.17, 15) is 25.2 Å². The lowest BCUT2D eigenvalue weighted by Crippen LogP contribution is -2.60. The highest BCUT2D eigenvalue weighted by Crippen LogP contribution is 2.33. The van der Waals surface area contributed by atoms with E-state index in [4.69, 9.17) is 19.0 Å². The van der Waals surface area contributed by atoms with Gasteiger partial charge in [0.25, 0.3) is 0 Å². The number of ether oxygens (including phenoxy) is 2. The molecule has 1 aromatic carbocycles. The molecule has 0 saturated carbocycles. The van der Waals surface area contributed by atoms with Crippen molar-refractivity contribution in [3.63, 3.8) is 0 Å². The number of aliphatic hydroxyl groups excluding tert-OH is 4. The second kappa shape index (κ2) is 6.38. The summed E-state index contributed by atoms with van der Waals surface area (Å²) in [5.74, 6) is -0.477. The van der Waals surface area contributed by atoms with E-state index in [0.29, 0.717) is 5.39 Å². The van der Waals surface area contributed by atoms with Crippen molar-refractivity contribution in [3.05, 3.63) is 34.7 Å². The minimum absolute atomic E-state index is 0.0966. The van der Waals surface area contributed by atoms with E-state index in [2.05, 4.69) is 0 Å². The van der Waals surface area contributed by atoms with Crippen molar-refractivity contribution in [2.24, 2.45) is 0 Å². The molecular weight excluding hydrogens is 324 g/mol. The number of rotatable bonds is 3. The van der Waals surface area contributed by atoms with Crippen molar-refractivity contribution in [2.75, 3.05) is 6.61 Å². The lowest BCUT2D eigenvalue weighted by Gasteiger charge is -2.39. The molecule has 130 valence electrons. The van der Waals surface area contributed by atoms with Crippen LogP contribution >= 0.6 is 0 Å². The summed E-state index contributed by atoms with van der Waals surface area (Å²) in [6.07, 6.45) is -7.27. The van der Waals surface area contributed by atoms with Crippen LogP contribution in [0.2, 0.25) is 0 Å². The van der Waals surface area contributed by atoms with Crippen molar-refractivity contribution in [1.82, 2.24) is 0 Å². The number of fused-ring (bicyclic) bond motifs is 1. The number of phenols is 1. The minimum Gasteiger partial charge on any atom is -0.504 e. The van der Waals surface area contributed by atoms with Gasteiger partial charge in [-0.1, -0.05) is 0 Å². The van der Waals surface area contributed by atoms with E-state index in [1.165, 1.54) is 18.2 Å². The topological polar surface area (TPSA) is 150 Å². The quantitative estimate of drug-likeness (QED) is 0.429. The predicted octanol–water partition coefficient (Wildman–Crippen LogP) is -1.32. The zero-order valence-electron chi connectivity index (χ0n) is 12.3. The highest BCUT2D eigenvalue weighted by atomic mass is 16.7. The average molecular weight is 340 g/mol. The normalized spacial score (nSPS) is 30.4. The molecule has 1 aliphatic rings. The molecule has 0 bridgehead atoms. The van der Waals surface area contributed by atoms with E-state index >= 15 is 0 Å². The standard InChI is InChI=1S/C15H16O9/c16-5-10-12(19)13(20)14(21)15(24-10)23-9-3-6-1-2-11(18)22-8(6)4-7(9)17/h1-4,10,12-17,19-21H,5H2/t10-,12+,13-,14-,15+/m0/s1. The van der Waals surface area contributed by atoms with Crippen LogP contribution in [-0.2, 0) is 4.74 Å². The average Bonchev–Trinajstić information content (AvgIpc) is 2.56. The summed E-state index contributed by atoms with van der Waals surface area (Å²) < 4.78 is 15.5. The molecular formula is C15H16O9. The number of phenolic OH excluding ortho intramolecular Hbond substituents is 1. The third-order valence-corrected chi connectivity index (χ3v) is 3.79. The fraction of sp³-hybridized carbons (Fsp3) is 0.400. The molecule has 1 fully saturated rings. The van der Waals surface area contributed by atoms with Crippen molar-refractivity contribution < 1.29 is 39.4 Å². The van der Waals surface area contributed by atoms with Gasteiger partial charge in [0.05, 0.1) is 6.61 Å². The summed E-state index contributed by atoms with van der Waals surface area (Å²) >= 11 is 0. The summed E-state index contributed by atoms with van der Waals surface area (Å²) in [5, 5.41) is 49.0. The second-order valence-electron chi connectivity index (χ2n) is 5.43. The van der Waals surface area contributed by atoms with Crippen molar-refractivity contribution >= 4 is 11.0 Å². The van der Waals surface area contributed by atoms with Gasteiger partial charge in [-0.15, -0.1) is 0 Å². The molecule has 9 heteroatoms. The van der Waals surface area contributed by atoms with E-state index in [1.807, 2.05) is 0 Å². The van der Waals surface area contributed by atoms with Gasteiger partial charge >= 0.3 is 5.63 Å². The molecule has 0 spiro atoms. The maximum absolute atomic E-state index is 11.2. The first kappa shape index (κ1) is 16.7. The Labute approximate surface area is 134 Å². The first-order valence-corrected chi connectivity index (χ1v) is 7.15. The molecule has 0 radical (unpaired) electrons. The summed E-state index contributed by atoms with van der Waals surface area (Å²) in [6.45, 7) is -0.598. The van der Waals surface area contributed by atoms with E-state index in [0.717, 1.165) is 6.07 Å². The molecule has 2 heterocycles. The third kappa shape index (κ3) is 2.95. The smallest absolute Gasteiger partial charge is 0.336 e. The van der Waals surface area contributed by atoms with Gasteiger partial charge in [0, 0.05) is 17.5 Å². The van der Waals surface area contributed by atoms with Gasteiger partial charge in [0.1, 0.15) is 30.0 Å². The Bertz CT molecular complexity index is 784. The van der Waals surface area contributed by atoms with Crippen LogP contribution in [0.1, 0.15) is 0 Å². The van der Waals surface area contributed by atoms with Crippen molar-refractivity contribution in [3.8, 4) is 11.5 Å². The Morgan fingerprint density at radius 2 is 1.83 bits per heavy atom. The Morgan fingerprint density at radius 3 is 2.54 bits per heavy atom. The van der Waals surface area contributed by atoms with Gasteiger partial charge in [-0.2, -0.15) is 0 Å². The van der Waals surface area contributed by atoms with E-state index in [1.54, 1.807) is 0 Å². The molecule has 3 rings (SSSR count). The number of hydrogen-bond donors (Lipinski definition) is 5. The molecule has 5 N–H and O–H groups in total. The Kier molecular flexibility index (Phi) is 4.43. The van der Waals surface area contributed by atoms with Crippen LogP contribution in [0.25, 0.3) is 11.0 Å². The van der Waals surface area contributed by atoms with Crippen molar-refractivity contribution in [2.45, 2.75) is 30.7 Å². The van der Waals surface area contributed by atoms with Crippen LogP contribution in [0.4, 0.5) is 0 Å². The van der Waals surface area contributed by atoms with Gasteiger partial charge in [0.2, 0.25) is 6.29 Å². The maximum atomic E-state index is 11.2. The van der Waals surface area contributed by atoms with Crippen LogP contribution in [0.5, 0.6) is 11.5 Å². The van der Waals surface area contributed by atoms with Gasteiger partial charge in [-0.3, -0.25) is 0 Å². The van der Waals surface area contributed by atoms with Gasteiger partial charge in [-0.05, 0) is 12.1 Å². The second-order valence-corrected chi connectivity index (χ2v) is 5.43. The number of aliphatic hydroxyl groups is 4. The summed E-state index contributed by atoms with van der Waals surface area (Å²) in [6, 6.07) is 5.17. The molecule has 0 unspecified atom stereocenters.